The second kappa shape index (κ2) is 6.15. The summed E-state index contributed by atoms with van der Waals surface area (Å²) in [5.41, 5.74) is 2.66. The van der Waals surface area contributed by atoms with E-state index in [1.165, 1.54) is 37.3 Å². The van der Waals surface area contributed by atoms with E-state index in [1.807, 2.05) is 0 Å². The largest absolute Gasteiger partial charge is 0.380 e. The Hall–Kier alpha value is -0.900. The summed E-state index contributed by atoms with van der Waals surface area (Å²) >= 11 is 0. The van der Waals surface area contributed by atoms with Gasteiger partial charge in [-0.3, -0.25) is 4.90 Å². The molecule has 94 valence electrons. The van der Waals surface area contributed by atoms with E-state index in [9.17, 15) is 0 Å². The molecule has 3 nitrogen and oxygen atoms in total. The molecule has 1 aliphatic heterocycles. The number of hydrogen-bond acceptors (Lipinski definition) is 3. The maximum absolute atomic E-state index is 5.17. The summed E-state index contributed by atoms with van der Waals surface area (Å²) in [6, 6.07) is 8.70. The number of ether oxygens (including phenoxy) is 1. The Bertz CT molecular complexity index is 346. The molecule has 1 saturated heterocycles. The molecule has 0 amide bonds. The van der Waals surface area contributed by atoms with Gasteiger partial charge in [0, 0.05) is 39.8 Å². The summed E-state index contributed by atoms with van der Waals surface area (Å²) in [5, 5.41) is 0. The zero-order chi connectivity index (χ0) is 12.1. The van der Waals surface area contributed by atoms with Crippen LogP contribution in [0.2, 0.25) is 0 Å². The molecular weight excluding hydrogens is 212 g/mol. The van der Waals surface area contributed by atoms with Crippen molar-refractivity contribution < 1.29 is 4.74 Å². The number of piperazine rings is 1. The van der Waals surface area contributed by atoms with E-state index in [4.69, 9.17) is 4.74 Å². The molecule has 0 radical (unpaired) electrons. The smallest absolute Gasteiger partial charge is 0.0713 e. The summed E-state index contributed by atoms with van der Waals surface area (Å²) in [7, 11) is 3.93. The predicted octanol–water partition coefficient (Wildman–Crippen LogP) is 1.58. The molecule has 1 aromatic rings. The predicted molar refractivity (Wildman–Crippen MR) is 69.9 cm³/mol. The molecular formula is C14H22N2O. The van der Waals surface area contributed by atoms with E-state index >= 15 is 0 Å². The first-order valence-corrected chi connectivity index (χ1v) is 6.25. The van der Waals surface area contributed by atoms with E-state index in [0.29, 0.717) is 6.61 Å². The Labute approximate surface area is 104 Å². The molecule has 0 aromatic heterocycles. The maximum atomic E-state index is 5.17. The van der Waals surface area contributed by atoms with Gasteiger partial charge in [-0.15, -0.1) is 0 Å². The zero-order valence-electron chi connectivity index (χ0n) is 10.9. The van der Waals surface area contributed by atoms with E-state index in [0.717, 1.165) is 6.54 Å². The number of methoxy groups -OCH3 is 1. The van der Waals surface area contributed by atoms with Gasteiger partial charge in [-0.05, 0) is 18.2 Å². The van der Waals surface area contributed by atoms with Crippen LogP contribution in [0, 0.1) is 0 Å². The van der Waals surface area contributed by atoms with Gasteiger partial charge in [0.25, 0.3) is 0 Å². The van der Waals surface area contributed by atoms with E-state index in [2.05, 4.69) is 41.1 Å². The van der Waals surface area contributed by atoms with Crippen LogP contribution in [0.15, 0.2) is 24.3 Å². The van der Waals surface area contributed by atoms with Gasteiger partial charge in [0.1, 0.15) is 0 Å². The minimum Gasteiger partial charge on any atom is -0.380 e. The van der Waals surface area contributed by atoms with Crippen LogP contribution < -0.4 is 0 Å². The standard InChI is InChI=1S/C14H22N2O/c1-15-6-8-16(9-7-15)11-13-4-3-5-14(10-13)12-17-2/h3-5,10H,6-9,11-12H2,1-2H3. The fourth-order valence-electron chi connectivity index (χ4n) is 2.25. The SMILES string of the molecule is COCc1cccc(CN2CCN(C)CC2)c1. The lowest BCUT2D eigenvalue weighted by Crippen LogP contribution is -2.43. The Morgan fingerprint density at radius 2 is 1.82 bits per heavy atom. The number of rotatable bonds is 4. The van der Waals surface area contributed by atoms with Gasteiger partial charge in [0.15, 0.2) is 0 Å². The fourth-order valence-corrected chi connectivity index (χ4v) is 2.25. The molecule has 0 bridgehead atoms. The van der Waals surface area contributed by atoms with Crippen molar-refractivity contribution in [3.8, 4) is 0 Å². The third-order valence-corrected chi connectivity index (χ3v) is 3.30. The molecule has 1 heterocycles. The highest BCUT2D eigenvalue weighted by atomic mass is 16.5. The Morgan fingerprint density at radius 1 is 1.12 bits per heavy atom. The van der Waals surface area contributed by atoms with Crippen molar-refractivity contribution in [2.75, 3.05) is 40.3 Å². The average Bonchev–Trinajstić information content (AvgIpc) is 2.33. The lowest BCUT2D eigenvalue weighted by molar-refractivity contribution is 0.148. The van der Waals surface area contributed by atoms with E-state index < -0.39 is 0 Å². The van der Waals surface area contributed by atoms with Crippen molar-refractivity contribution in [2.45, 2.75) is 13.2 Å². The van der Waals surface area contributed by atoms with Gasteiger partial charge in [0.2, 0.25) is 0 Å². The Morgan fingerprint density at radius 3 is 2.53 bits per heavy atom. The van der Waals surface area contributed by atoms with Crippen LogP contribution in [0.25, 0.3) is 0 Å². The molecule has 2 rings (SSSR count). The van der Waals surface area contributed by atoms with Crippen molar-refractivity contribution in [3.63, 3.8) is 0 Å². The molecule has 1 fully saturated rings. The maximum Gasteiger partial charge on any atom is 0.0713 e. The van der Waals surface area contributed by atoms with Gasteiger partial charge in [-0.1, -0.05) is 24.3 Å². The van der Waals surface area contributed by atoms with Gasteiger partial charge in [-0.2, -0.15) is 0 Å². The molecule has 1 aliphatic rings. The van der Waals surface area contributed by atoms with Gasteiger partial charge < -0.3 is 9.64 Å². The molecule has 17 heavy (non-hydrogen) atoms. The van der Waals surface area contributed by atoms with Crippen molar-refractivity contribution in [1.29, 1.82) is 0 Å². The van der Waals surface area contributed by atoms with Crippen molar-refractivity contribution in [1.82, 2.24) is 9.80 Å². The molecule has 3 heteroatoms. The summed E-state index contributed by atoms with van der Waals surface area (Å²) in [4.78, 5) is 4.91. The van der Waals surface area contributed by atoms with Crippen LogP contribution in [-0.2, 0) is 17.9 Å². The van der Waals surface area contributed by atoms with Crippen LogP contribution in [0.4, 0.5) is 0 Å². The third-order valence-electron chi connectivity index (χ3n) is 3.30. The summed E-state index contributed by atoms with van der Waals surface area (Å²) in [6.45, 7) is 6.47. The number of benzene rings is 1. The monoisotopic (exact) mass is 234 g/mol. The minimum atomic E-state index is 0.705. The normalized spacial score (nSPS) is 18.5. The molecule has 0 atom stereocenters. The molecule has 0 aliphatic carbocycles. The topological polar surface area (TPSA) is 15.7 Å². The van der Waals surface area contributed by atoms with Gasteiger partial charge in [-0.25, -0.2) is 0 Å². The molecule has 0 saturated carbocycles. The average molecular weight is 234 g/mol. The first-order valence-electron chi connectivity index (χ1n) is 6.25. The lowest BCUT2D eigenvalue weighted by Gasteiger charge is -2.32. The van der Waals surface area contributed by atoms with Crippen molar-refractivity contribution in [2.24, 2.45) is 0 Å². The first kappa shape index (κ1) is 12.6. The van der Waals surface area contributed by atoms with E-state index in [1.54, 1.807) is 7.11 Å². The number of nitrogens with zero attached hydrogens (tertiary/aromatic N) is 2. The Balaban J connectivity index is 1.91. The third kappa shape index (κ3) is 3.80. The lowest BCUT2D eigenvalue weighted by atomic mass is 10.1. The minimum absolute atomic E-state index is 0.705. The van der Waals surface area contributed by atoms with Crippen molar-refractivity contribution in [3.05, 3.63) is 35.4 Å². The first-order chi connectivity index (χ1) is 8.28. The second-order valence-electron chi connectivity index (χ2n) is 4.83. The highest BCUT2D eigenvalue weighted by Crippen LogP contribution is 2.10. The van der Waals surface area contributed by atoms with Gasteiger partial charge >= 0.3 is 0 Å². The van der Waals surface area contributed by atoms with Crippen LogP contribution in [0.5, 0.6) is 0 Å². The molecule has 0 unspecified atom stereocenters. The summed E-state index contributed by atoms with van der Waals surface area (Å²) in [6.07, 6.45) is 0. The van der Waals surface area contributed by atoms with Crippen LogP contribution >= 0.6 is 0 Å². The molecule has 1 aromatic carbocycles. The van der Waals surface area contributed by atoms with Crippen LogP contribution in [0.1, 0.15) is 11.1 Å². The number of hydrogen-bond donors (Lipinski definition) is 0. The highest BCUT2D eigenvalue weighted by Gasteiger charge is 2.13. The second-order valence-corrected chi connectivity index (χ2v) is 4.83. The van der Waals surface area contributed by atoms with E-state index in [-0.39, 0.29) is 0 Å². The van der Waals surface area contributed by atoms with Crippen LogP contribution in [-0.4, -0.2) is 50.1 Å². The van der Waals surface area contributed by atoms with Crippen molar-refractivity contribution >= 4 is 0 Å². The fraction of sp³-hybridized carbons (Fsp3) is 0.571. The molecule has 0 N–H and O–H groups in total. The molecule has 0 spiro atoms. The van der Waals surface area contributed by atoms with Crippen LogP contribution in [0.3, 0.4) is 0 Å². The summed E-state index contributed by atoms with van der Waals surface area (Å²) < 4.78 is 5.17. The highest BCUT2D eigenvalue weighted by molar-refractivity contribution is 5.23. The summed E-state index contributed by atoms with van der Waals surface area (Å²) in [5.74, 6) is 0. The van der Waals surface area contributed by atoms with Gasteiger partial charge in [0.05, 0.1) is 6.61 Å². The quantitative estimate of drug-likeness (QED) is 0.786. The Kier molecular flexibility index (Phi) is 4.54. The zero-order valence-corrected chi connectivity index (χ0v) is 10.9. The number of likely N-dealkylation sites (N-methyl/N-ethyl adjacent to an activating group) is 1.